The molecule has 0 saturated heterocycles. The van der Waals surface area contributed by atoms with Crippen molar-refractivity contribution < 1.29 is 9.13 Å². The molecule has 0 aliphatic heterocycles. The summed E-state index contributed by atoms with van der Waals surface area (Å²) in [5.74, 6) is -0.120. The molecule has 3 nitrogen and oxygen atoms in total. The van der Waals surface area contributed by atoms with Gasteiger partial charge in [-0.1, -0.05) is 30.3 Å². The number of hydrogen-bond acceptors (Lipinski definition) is 4. The zero-order chi connectivity index (χ0) is 16.1. The van der Waals surface area contributed by atoms with E-state index in [2.05, 4.69) is 10.3 Å². The zero-order valence-electron chi connectivity index (χ0n) is 12.8. The number of ether oxygens (including phenoxy) is 1. The third-order valence-electron chi connectivity index (χ3n) is 3.34. The van der Waals surface area contributed by atoms with Gasteiger partial charge in [0.2, 0.25) is 0 Å². The van der Waals surface area contributed by atoms with Gasteiger partial charge in [0.1, 0.15) is 11.6 Å². The first-order chi connectivity index (χ1) is 11.3. The molecule has 0 atom stereocenters. The molecular weight excluding hydrogens is 311 g/mol. The molecule has 0 saturated carbocycles. The standard InChI is InChI=1S/C18H17FN2OS/c1-20-10-18-21-16(12-23-18)14-7-8-17(15(19)9-14)22-11-13-5-3-2-4-6-13/h2-9,12,20H,10-11H2,1H3. The number of halogens is 1. The minimum absolute atomic E-state index is 0.253. The van der Waals surface area contributed by atoms with Gasteiger partial charge in [-0.2, -0.15) is 0 Å². The summed E-state index contributed by atoms with van der Waals surface area (Å²) in [6.07, 6.45) is 0. The normalized spacial score (nSPS) is 10.7. The Morgan fingerprint density at radius 1 is 1.17 bits per heavy atom. The third kappa shape index (κ3) is 3.94. The van der Waals surface area contributed by atoms with E-state index in [-0.39, 0.29) is 11.6 Å². The molecule has 0 aliphatic rings. The quantitative estimate of drug-likeness (QED) is 0.734. The van der Waals surface area contributed by atoms with E-state index in [1.165, 1.54) is 6.07 Å². The summed E-state index contributed by atoms with van der Waals surface area (Å²) >= 11 is 1.56. The van der Waals surface area contributed by atoms with Gasteiger partial charge in [-0.05, 0) is 30.8 Å². The predicted molar refractivity (Wildman–Crippen MR) is 91.0 cm³/mol. The zero-order valence-corrected chi connectivity index (χ0v) is 13.6. The maximum Gasteiger partial charge on any atom is 0.165 e. The van der Waals surface area contributed by atoms with E-state index >= 15 is 0 Å². The molecule has 0 radical (unpaired) electrons. The van der Waals surface area contributed by atoms with Gasteiger partial charge in [-0.3, -0.25) is 0 Å². The maximum atomic E-state index is 14.2. The summed E-state index contributed by atoms with van der Waals surface area (Å²) in [5.41, 5.74) is 2.55. The summed E-state index contributed by atoms with van der Waals surface area (Å²) < 4.78 is 19.8. The summed E-state index contributed by atoms with van der Waals surface area (Å²) in [7, 11) is 1.87. The van der Waals surface area contributed by atoms with E-state index in [0.717, 1.165) is 21.8 Å². The van der Waals surface area contributed by atoms with Gasteiger partial charge in [0, 0.05) is 17.5 Å². The van der Waals surface area contributed by atoms with Gasteiger partial charge in [-0.15, -0.1) is 11.3 Å². The van der Waals surface area contributed by atoms with Crippen molar-refractivity contribution in [3.8, 4) is 17.0 Å². The summed E-state index contributed by atoms with van der Waals surface area (Å²) in [4.78, 5) is 4.48. The number of rotatable bonds is 6. The Kier molecular flexibility index (Phi) is 5.00. The maximum absolute atomic E-state index is 14.2. The Hall–Kier alpha value is -2.24. The first-order valence-electron chi connectivity index (χ1n) is 7.32. The number of nitrogens with zero attached hydrogens (tertiary/aromatic N) is 1. The molecular formula is C18H17FN2OS. The van der Waals surface area contributed by atoms with Gasteiger partial charge >= 0.3 is 0 Å². The van der Waals surface area contributed by atoms with E-state index in [1.807, 2.05) is 48.8 Å². The molecule has 2 aromatic carbocycles. The van der Waals surface area contributed by atoms with Crippen LogP contribution in [0.5, 0.6) is 5.75 Å². The van der Waals surface area contributed by atoms with Crippen molar-refractivity contribution in [3.63, 3.8) is 0 Å². The lowest BCUT2D eigenvalue weighted by Crippen LogP contribution is -2.04. The largest absolute Gasteiger partial charge is 0.486 e. The first kappa shape index (κ1) is 15.6. The molecule has 1 N–H and O–H groups in total. The van der Waals surface area contributed by atoms with Crippen LogP contribution in [0, 0.1) is 5.82 Å². The van der Waals surface area contributed by atoms with E-state index < -0.39 is 0 Å². The molecule has 1 aromatic heterocycles. The van der Waals surface area contributed by atoms with Crippen LogP contribution >= 0.6 is 11.3 Å². The number of aromatic nitrogens is 1. The molecule has 3 rings (SSSR count). The Morgan fingerprint density at radius 3 is 2.74 bits per heavy atom. The topological polar surface area (TPSA) is 34.2 Å². The van der Waals surface area contributed by atoms with Crippen LogP contribution in [0.15, 0.2) is 53.9 Å². The average molecular weight is 328 g/mol. The summed E-state index contributed by atoms with van der Waals surface area (Å²) in [6, 6.07) is 14.7. The highest BCUT2D eigenvalue weighted by molar-refractivity contribution is 7.09. The molecule has 0 spiro atoms. The Labute approximate surface area is 138 Å². The van der Waals surface area contributed by atoms with Gasteiger partial charge in [-0.25, -0.2) is 9.37 Å². The smallest absolute Gasteiger partial charge is 0.165 e. The Morgan fingerprint density at radius 2 is 2.00 bits per heavy atom. The van der Waals surface area contributed by atoms with Gasteiger partial charge in [0.05, 0.1) is 5.69 Å². The SMILES string of the molecule is CNCc1nc(-c2ccc(OCc3ccccc3)c(F)c2)cs1. The van der Waals surface area contributed by atoms with Crippen LogP contribution < -0.4 is 10.1 Å². The number of thiazole rings is 1. The lowest BCUT2D eigenvalue weighted by Gasteiger charge is -2.08. The molecule has 0 unspecified atom stereocenters. The van der Waals surface area contributed by atoms with Crippen molar-refractivity contribution in [1.82, 2.24) is 10.3 Å². The minimum Gasteiger partial charge on any atom is -0.486 e. The molecule has 118 valence electrons. The molecule has 0 amide bonds. The van der Waals surface area contributed by atoms with Gasteiger partial charge in [0.15, 0.2) is 11.6 Å². The number of benzene rings is 2. The second-order valence-electron chi connectivity index (χ2n) is 5.08. The fraction of sp³-hybridized carbons (Fsp3) is 0.167. The van der Waals surface area contributed by atoms with E-state index in [4.69, 9.17) is 4.74 Å². The third-order valence-corrected chi connectivity index (χ3v) is 4.19. The minimum atomic E-state index is -0.374. The van der Waals surface area contributed by atoms with Gasteiger partial charge in [0.25, 0.3) is 0 Å². The lowest BCUT2D eigenvalue weighted by molar-refractivity contribution is 0.290. The second-order valence-corrected chi connectivity index (χ2v) is 6.02. The van der Waals surface area contributed by atoms with Crippen LogP contribution in [-0.4, -0.2) is 12.0 Å². The highest BCUT2D eigenvalue weighted by Crippen LogP contribution is 2.27. The second kappa shape index (κ2) is 7.35. The molecule has 1 heterocycles. The van der Waals surface area contributed by atoms with Crippen LogP contribution in [0.25, 0.3) is 11.3 Å². The average Bonchev–Trinajstić information content (AvgIpc) is 3.04. The monoisotopic (exact) mass is 328 g/mol. The lowest BCUT2D eigenvalue weighted by atomic mass is 10.1. The molecule has 0 fully saturated rings. The highest BCUT2D eigenvalue weighted by atomic mass is 32.1. The summed E-state index contributed by atoms with van der Waals surface area (Å²) in [6.45, 7) is 1.06. The molecule has 0 aliphatic carbocycles. The van der Waals surface area contributed by atoms with Crippen molar-refractivity contribution in [1.29, 1.82) is 0 Å². The van der Waals surface area contributed by atoms with Crippen molar-refractivity contribution in [2.75, 3.05) is 7.05 Å². The van der Waals surface area contributed by atoms with Crippen LogP contribution in [0.1, 0.15) is 10.6 Å². The van der Waals surface area contributed by atoms with Crippen LogP contribution in [0.3, 0.4) is 0 Å². The van der Waals surface area contributed by atoms with Crippen molar-refractivity contribution in [2.24, 2.45) is 0 Å². The highest BCUT2D eigenvalue weighted by Gasteiger charge is 2.09. The summed E-state index contributed by atoms with van der Waals surface area (Å²) in [5, 5.41) is 5.97. The number of nitrogens with one attached hydrogen (secondary N) is 1. The molecule has 5 heteroatoms. The Balaban J connectivity index is 1.72. The van der Waals surface area contributed by atoms with Crippen LogP contribution in [-0.2, 0) is 13.2 Å². The first-order valence-corrected chi connectivity index (χ1v) is 8.20. The molecule has 3 aromatic rings. The molecule has 23 heavy (non-hydrogen) atoms. The molecule has 0 bridgehead atoms. The van der Waals surface area contributed by atoms with Crippen molar-refractivity contribution in [3.05, 3.63) is 70.3 Å². The predicted octanol–water partition coefficient (Wildman–Crippen LogP) is 4.25. The van der Waals surface area contributed by atoms with Crippen molar-refractivity contribution >= 4 is 11.3 Å². The Bertz CT molecular complexity index is 774. The number of hydrogen-bond donors (Lipinski definition) is 1. The van der Waals surface area contributed by atoms with E-state index in [0.29, 0.717) is 13.2 Å². The fourth-order valence-corrected chi connectivity index (χ4v) is 3.00. The van der Waals surface area contributed by atoms with Crippen LogP contribution in [0.2, 0.25) is 0 Å². The van der Waals surface area contributed by atoms with E-state index in [9.17, 15) is 4.39 Å². The van der Waals surface area contributed by atoms with E-state index in [1.54, 1.807) is 17.4 Å². The van der Waals surface area contributed by atoms with Gasteiger partial charge < -0.3 is 10.1 Å². The fourth-order valence-electron chi connectivity index (χ4n) is 2.19. The van der Waals surface area contributed by atoms with Crippen molar-refractivity contribution in [2.45, 2.75) is 13.2 Å². The van der Waals surface area contributed by atoms with Crippen LogP contribution in [0.4, 0.5) is 4.39 Å².